The van der Waals surface area contributed by atoms with Crippen LogP contribution in [0.5, 0.6) is 5.75 Å². The number of carbonyl (C=O) groups excluding carboxylic acids is 1. The molecule has 8 nitrogen and oxygen atoms in total. The van der Waals surface area contributed by atoms with Crippen molar-refractivity contribution in [2.75, 3.05) is 12.4 Å². The maximum atomic E-state index is 12.4. The number of anilines is 1. The SMILES string of the molecule is COc1ccc(CC(=O)Nc2nc3nc(-c4ccccc4)cc(=O)n3[nH]2)cc1. The lowest BCUT2D eigenvalue weighted by molar-refractivity contribution is -0.115. The van der Waals surface area contributed by atoms with Crippen molar-refractivity contribution in [1.82, 2.24) is 19.6 Å². The molecule has 0 saturated heterocycles. The van der Waals surface area contributed by atoms with E-state index in [1.807, 2.05) is 42.5 Å². The molecule has 4 aromatic rings. The summed E-state index contributed by atoms with van der Waals surface area (Å²) >= 11 is 0. The third-order valence-electron chi connectivity index (χ3n) is 4.18. The molecule has 0 saturated carbocycles. The van der Waals surface area contributed by atoms with E-state index in [4.69, 9.17) is 4.74 Å². The van der Waals surface area contributed by atoms with Gasteiger partial charge in [0.25, 0.3) is 11.3 Å². The Bertz CT molecular complexity index is 1180. The third-order valence-corrected chi connectivity index (χ3v) is 4.18. The van der Waals surface area contributed by atoms with E-state index in [2.05, 4.69) is 20.4 Å². The van der Waals surface area contributed by atoms with Crippen molar-refractivity contribution in [2.24, 2.45) is 0 Å². The van der Waals surface area contributed by atoms with Gasteiger partial charge in [0.1, 0.15) is 5.75 Å². The van der Waals surface area contributed by atoms with E-state index in [0.717, 1.165) is 16.9 Å². The number of nitrogens with zero attached hydrogens (tertiary/aromatic N) is 3. The summed E-state index contributed by atoms with van der Waals surface area (Å²) in [6.45, 7) is 0. The number of aromatic amines is 1. The number of carbonyl (C=O) groups is 1. The minimum Gasteiger partial charge on any atom is -0.497 e. The van der Waals surface area contributed by atoms with E-state index in [1.54, 1.807) is 19.2 Å². The zero-order valence-corrected chi connectivity index (χ0v) is 15.0. The second kappa shape index (κ2) is 7.36. The summed E-state index contributed by atoms with van der Waals surface area (Å²) in [6, 6.07) is 18.0. The number of amides is 1. The van der Waals surface area contributed by atoms with Crippen molar-refractivity contribution in [2.45, 2.75) is 6.42 Å². The van der Waals surface area contributed by atoms with Crippen molar-refractivity contribution in [3.63, 3.8) is 0 Å². The zero-order valence-electron chi connectivity index (χ0n) is 15.0. The van der Waals surface area contributed by atoms with Crippen molar-refractivity contribution >= 4 is 17.6 Å². The second-order valence-corrected chi connectivity index (χ2v) is 6.13. The molecule has 0 aliphatic carbocycles. The van der Waals surface area contributed by atoms with E-state index in [-0.39, 0.29) is 29.6 Å². The van der Waals surface area contributed by atoms with Gasteiger partial charge in [-0.15, -0.1) is 0 Å². The monoisotopic (exact) mass is 375 g/mol. The molecule has 0 unspecified atom stereocenters. The van der Waals surface area contributed by atoms with E-state index in [9.17, 15) is 9.59 Å². The summed E-state index contributed by atoms with van der Waals surface area (Å²) in [4.78, 5) is 33.2. The predicted molar refractivity (Wildman–Crippen MR) is 104 cm³/mol. The number of nitrogens with one attached hydrogen (secondary N) is 2. The Kier molecular flexibility index (Phi) is 4.59. The number of aromatic nitrogens is 4. The summed E-state index contributed by atoms with van der Waals surface area (Å²) in [5.74, 6) is 0.807. The van der Waals surface area contributed by atoms with E-state index in [0.29, 0.717) is 5.69 Å². The summed E-state index contributed by atoms with van der Waals surface area (Å²) in [7, 11) is 1.59. The molecular weight excluding hydrogens is 358 g/mol. The average Bonchev–Trinajstić information content (AvgIpc) is 3.12. The molecule has 0 atom stereocenters. The number of hydrogen-bond donors (Lipinski definition) is 2. The van der Waals surface area contributed by atoms with Gasteiger partial charge in [0.15, 0.2) is 0 Å². The minimum atomic E-state index is -0.313. The van der Waals surface area contributed by atoms with Crippen molar-refractivity contribution in [3.8, 4) is 17.0 Å². The molecule has 8 heteroatoms. The Morgan fingerprint density at radius 1 is 1.11 bits per heavy atom. The summed E-state index contributed by atoms with van der Waals surface area (Å²) in [5.41, 5.74) is 1.85. The van der Waals surface area contributed by atoms with Crippen LogP contribution < -0.4 is 15.6 Å². The Labute approximate surface area is 159 Å². The number of H-pyrrole nitrogens is 1. The maximum absolute atomic E-state index is 12.4. The van der Waals surface area contributed by atoms with Gasteiger partial charge in [0, 0.05) is 11.6 Å². The van der Waals surface area contributed by atoms with Gasteiger partial charge in [-0.05, 0) is 17.7 Å². The lowest BCUT2D eigenvalue weighted by Gasteiger charge is -2.03. The van der Waals surface area contributed by atoms with Gasteiger partial charge in [-0.25, -0.2) is 4.98 Å². The first-order valence-electron chi connectivity index (χ1n) is 8.60. The maximum Gasteiger partial charge on any atom is 0.274 e. The van der Waals surface area contributed by atoms with Crippen LogP contribution in [0.2, 0.25) is 0 Å². The molecule has 1 amide bonds. The van der Waals surface area contributed by atoms with Crippen molar-refractivity contribution < 1.29 is 9.53 Å². The number of methoxy groups -OCH3 is 1. The standard InChI is InChI=1S/C20H17N5O3/c1-28-15-9-7-13(8-10-15)11-17(26)22-19-23-20-21-16(12-18(27)25(20)24-19)14-5-3-2-4-6-14/h2-10,12H,11H2,1H3,(H2,21,22,23,24,26). The number of fused-ring (bicyclic) bond motifs is 1. The van der Waals surface area contributed by atoms with Gasteiger partial charge in [-0.3, -0.25) is 20.0 Å². The summed E-state index contributed by atoms with van der Waals surface area (Å²) < 4.78 is 6.29. The van der Waals surface area contributed by atoms with Crippen LogP contribution in [0.25, 0.3) is 17.0 Å². The predicted octanol–water partition coefficient (Wildman–Crippen LogP) is 2.27. The lowest BCUT2D eigenvalue weighted by Crippen LogP contribution is -2.17. The summed E-state index contributed by atoms with van der Waals surface area (Å²) in [5, 5.41) is 5.41. The molecule has 140 valence electrons. The molecule has 4 rings (SSSR count). The topological polar surface area (TPSA) is 101 Å². The van der Waals surface area contributed by atoms with Gasteiger partial charge in [0.2, 0.25) is 11.9 Å². The quantitative estimate of drug-likeness (QED) is 0.557. The highest BCUT2D eigenvalue weighted by molar-refractivity contribution is 5.90. The molecule has 2 aromatic carbocycles. The highest BCUT2D eigenvalue weighted by Crippen LogP contribution is 2.15. The van der Waals surface area contributed by atoms with Gasteiger partial charge in [-0.2, -0.15) is 9.50 Å². The first-order chi connectivity index (χ1) is 13.6. The number of ether oxygens (including phenoxy) is 1. The Hall–Kier alpha value is -3.94. The van der Waals surface area contributed by atoms with Crippen LogP contribution in [0.15, 0.2) is 65.5 Å². The van der Waals surface area contributed by atoms with Crippen LogP contribution in [0.4, 0.5) is 5.95 Å². The van der Waals surface area contributed by atoms with Crippen LogP contribution in [0, 0.1) is 0 Å². The Morgan fingerprint density at radius 3 is 2.57 bits per heavy atom. The highest BCUT2D eigenvalue weighted by Gasteiger charge is 2.12. The van der Waals surface area contributed by atoms with Gasteiger partial charge < -0.3 is 4.74 Å². The molecule has 2 N–H and O–H groups in total. The molecule has 0 radical (unpaired) electrons. The van der Waals surface area contributed by atoms with Crippen LogP contribution in [-0.2, 0) is 11.2 Å². The van der Waals surface area contributed by atoms with Crippen LogP contribution in [0.3, 0.4) is 0 Å². The van der Waals surface area contributed by atoms with E-state index < -0.39 is 0 Å². The van der Waals surface area contributed by atoms with Crippen LogP contribution in [-0.4, -0.2) is 32.6 Å². The molecule has 0 aliphatic heterocycles. The Balaban J connectivity index is 1.55. The molecule has 0 bridgehead atoms. The number of benzene rings is 2. The molecule has 28 heavy (non-hydrogen) atoms. The van der Waals surface area contributed by atoms with E-state index in [1.165, 1.54) is 10.6 Å². The number of hydrogen-bond acceptors (Lipinski definition) is 5. The average molecular weight is 375 g/mol. The molecular formula is C20H17N5O3. The lowest BCUT2D eigenvalue weighted by atomic mass is 10.1. The molecule has 0 fully saturated rings. The largest absolute Gasteiger partial charge is 0.497 e. The fourth-order valence-corrected chi connectivity index (χ4v) is 2.80. The minimum absolute atomic E-state index is 0.160. The van der Waals surface area contributed by atoms with Crippen LogP contribution >= 0.6 is 0 Å². The Morgan fingerprint density at radius 2 is 1.86 bits per heavy atom. The first kappa shape index (κ1) is 17.5. The normalized spacial score (nSPS) is 10.8. The smallest absolute Gasteiger partial charge is 0.274 e. The van der Waals surface area contributed by atoms with E-state index >= 15 is 0 Å². The van der Waals surface area contributed by atoms with Gasteiger partial charge in [-0.1, -0.05) is 42.5 Å². The fourth-order valence-electron chi connectivity index (χ4n) is 2.80. The summed E-state index contributed by atoms with van der Waals surface area (Å²) in [6.07, 6.45) is 0.165. The second-order valence-electron chi connectivity index (χ2n) is 6.13. The highest BCUT2D eigenvalue weighted by atomic mass is 16.5. The third kappa shape index (κ3) is 3.61. The fraction of sp³-hybridized carbons (Fsp3) is 0.100. The molecule has 0 aliphatic rings. The molecule has 0 spiro atoms. The molecule has 2 aromatic heterocycles. The van der Waals surface area contributed by atoms with Gasteiger partial charge in [0.05, 0.1) is 19.2 Å². The zero-order chi connectivity index (χ0) is 19.5. The van der Waals surface area contributed by atoms with Crippen molar-refractivity contribution in [1.29, 1.82) is 0 Å². The number of rotatable bonds is 5. The molecule has 2 heterocycles. The van der Waals surface area contributed by atoms with Gasteiger partial charge >= 0.3 is 0 Å². The van der Waals surface area contributed by atoms with Crippen LogP contribution in [0.1, 0.15) is 5.56 Å². The van der Waals surface area contributed by atoms with Crippen molar-refractivity contribution in [3.05, 3.63) is 76.6 Å². The first-order valence-corrected chi connectivity index (χ1v) is 8.60.